The molecule has 1 aliphatic rings. The van der Waals surface area contributed by atoms with Gasteiger partial charge in [0.1, 0.15) is 5.52 Å². The number of thioether (sulfide) groups is 1. The third-order valence-electron chi connectivity index (χ3n) is 3.93. The van der Waals surface area contributed by atoms with Gasteiger partial charge < -0.3 is 4.57 Å². The molecule has 3 nitrogen and oxygen atoms in total. The molecule has 0 spiro atoms. The summed E-state index contributed by atoms with van der Waals surface area (Å²) in [6, 6.07) is 8.38. The summed E-state index contributed by atoms with van der Waals surface area (Å²) in [6.45, 7) is 3.18. The molecule has 3 aromatic rings. The maximum absolute atomic E-state index is 4.84. The van der Waals surface area contributed by atoms with Gasteiger partial charge in [-0.15, -0.1) is 11.3 Å². The number of thiophene rings is 1. The summed E-state index contributed by atoms with van der Waals surface area (Å²) < 4.78 is 2.33. The largest absolute Gasteiger partial charge is 0.308 e. The number of fused-ring (bicyclic) bond motifs is 1. The molecule has 21 heavy (non-hydrogen) atoms. The topological polar surface area (TPSA) is 30.7 Å². The molecule has 1 aliphatic heterocycles. The molecule has 1 unspecified atom stereocenters. The van der Waals surface area contributed by atoms with Crippen molar-refractivity contribution >= 4 is 34.3 Å². The van der Waals surface area contributed by atoms with E-state index < -0.39 is 0 Å². The first-order chi connectivity index (χ1) is 10.3. The van der Waals surface area contributed by atoms with Crippen molar-refractivity contribution in [3.05, 3.63) is 35.3 Å². The third-order valence-corrected chi connectivity index (χ3v) is 6.16. The molecule has 5 heteroatoms. The molecular weight excluding hydrogens is 298 g/mol. The monoisotopic (exact) mass is 315 g/mol. The molecule has 4 rings (SSSR count). The minimum Gasteiger partial charge on any atom is -0.308 e. The Labute approximate surface area is 132 Å². The highest BCUT2D eigenvalue weighted by Gasteiger charge is 2.21. The number of aryl methyl sites for hydroxylation is 1. The van der Waals surface area contributed by atoms with Crippen molar-refractivity contribution in [3.63, 3.8) is 0 Å². The normalized spacial score (nSPS) is 18.6. The van der Waals surface area contributed by atoms with Crippen LogP contribution in [0.2, 0.25) is 0 Å². The molecule has 4 heterocycles. The summed E-state index contributed by atoms with van der Waals surface area (Å²) in [5.74, 6) is 4.38. The average Bonchev–Trinajstić information content (AvgIpc) is 3.20. The lowest BCUT2D eigenvalue weighted by molar-refractivity contribution is 0.502. The van der Waals surface area contributed by atoms with Gasteiger partial charge in [-0.2, -0.15) is 11.8 Å². The van der Waals surface area contributed by atoms with Crippen LogP contribution < -0.4 is 0 Å². The highest BCUT2D eigenvalue weighted by Crippen LogP contribution is 2.32. The van der Waals surface area contributed by atoms with Crippen LogP contribution in [0.15, 0.2) is 30.5 Å². The number of nitrogens with zero attached hydrogens (tertiary/aromatic N) is 3. The lowest BCUT2D eigenvalue weighted by Gasteiger charge is -2.12. The molecule has 1 atom stereocenters. The second-order valence-electron chi connectivity index (χ2n) is 5.53. The molecule has 3 aromatic heterocycles. The zero-order valence-corrected chi connectivity index (χ0v) is 13.6. The van der Waals surface area contributed by atoms with Crippen molar-refractivity contribution in [2.24, 2.45) is 5.92 Å². The Bertz CT molecular complexity index is 769. The smallest absolute Gasteiger partial charge is 0.160 e. The predicted octanol–water partition coefficient (Wildman–Crippen LogP) is 4.22. The minimum absolute atomic E-state index is 0.745. The van der Waals surface area contributed by atoms with Crippen LogP contribution in [-0.4, -0.2) is 26.0 Å². The Kier molecular flexibility index (Phi) is 3.47. The molecule has 0 aromatic carbocycles. The van der Waals surface area contributed by atoms with E-state index in [1.165, 1.54) is 27.7 Å². The summed E-state index contributed by atoms with van der Waals surface area (Å²) in [4.78, 5) is 12.0. The van der Waals surface area contributed by atoms with Crippen molar-refractivity contribution in [2.75, 3.05) is 11.5 Å². The Morgan fingerprint density at radius 1 is 1.33 bits per heavy atom. The Morgan fingerprint density at radius 2 is 2.29 bits per heavy atom. The van der Waals surface area contributed by atoms with E-state index in [4.69, 9.17) is 4.98 Å². The van der Waals surface area contributed by atoms with Crippen LogP contribution in [0.1, 0.15) is 11.3 Å². The van der Waals surface area contributed by atoms with Crippen LogP contribution in [0.4, 0.5) is 0 Å². The maximum Gasteiger partial charge on any atom is 0.160 e. The first-order valence-electron chi connectivity index (χ1n) is 7.27. The lowest BCUT2D eigenvalue weighted by Crippen LogP contribution is -2.11. The van der Waals surface area contributed by atoms with Gasteiger partial charge in [-0.25, -0.2) is 9.97 Å². The van der Waals surface area contributed by atoms with E-state index in [1.807, 2.05) is 23.6 Å². The van der Waals surface area contributed by atoms with Gasteiger partial charge in [-0.05, 0) is 55.0 Å². The summed E-state index contributed by atoms with van der Waals surface area (Å²) in [7, 11) is 0. The van der Waals surface area contributed by atoms with Crippen molar-refractivity contribution in [1.29, 1.82) is 0 Å². The van der Waals surface area contributed by atoms with E-state index in [1.54, 1.807) is 0 Å². The summed E-state index contributed by atoms with van der Waals surface area (Å²) in [6.07, 6.45) is 3.17. The molecule has 1 saturated heterocycles. The van der Waals surface area contributed by atoms with Crippen LogP contribution in [0.3, 0.4) is 0 Å². The van der Waals surface area contributed by atoms with Crippen molar-refractivity contribution in [1.82, 2.24) is 14.5 Å². The highest BCUT2D eigenvalue weighted by atomic mass is 32.2. The van der Waals surface area contributed by atoms with Gasteiger partial charge in [0, 0.05) is 17.6 Å². The SMILES string of the molecule is Cc1ccc(-c2nc3cccnc3n2CC2CCSC2)s1. The van der Waals surface area contributed by atoms with E-state index in [9.17, 15) is 0 Å². The van der Waals surface area contributed by atoms with Crippen LogP contribution in [0, 0.1) is 12.8 Å². The van der Waals surface area contributed by atoms with Crippen molar-refractivity contribution in [2.45, 2.75) is 19.9 Å². The van der Waals surface area contributed by atoms with Crippen LogP contribution >= 0.6 is 23.1 Å². The molecule has 0 N–H and O–H groups in total. The number of hydrogen-bond acceptors (Lipinski definition) is 4. The first kappa shape index (κ1) is 13.3. The fourth-order valence-corrected chi connectivity index (χ4v) is 5.00. The maximum atomic E-state index is 4.84. The summed E-state index contributed by atoms with van der Waals surface area (Å²) in [5.41, 5.74) is 2.03. The van der Waals surface area contributed by atoms with Gasteiger partial charge >= 0.3 is 0 Å². The summed E-state index contributed by atoms with van der Waals surface area (Å²) >= 11 is 3.88. The zero-order chi connectivity index (χ0) is 14.2. The fourth-order valence-electron chi connectivity index (χ4n) is 2.86. The second kappa shape index (κ2) is 5.46. The van der Waals surface area contributed by atoms with E-state index >= 15 is 0 Å². The molecule has 0 aliphatic carbocycles. The zero-order valence-electron chi connectivity index (χ0n) is 12.0. The van der Waals surface area contributed by atoms with Gasteiger partial charge in [-0.3, -0.25) is 0 Å². The molecule has 0 amide bonds. The standard InChI is InChI=1S/C16H17N3S2/c1-11-4-5-14(21-11)16-18-13-3-2-7-17-15(13)19(16)9-12-6-8-20-10-12/h2-5,7,12H,6,8-10H2,1H3. The molecule has 108 valence electrons. The van der Waals surface area contributed by atoms with Gasteiger partial charge in [0.05, 0.1) is 4.88 Å². The fraction of sp³-hybridized carbons (Fsp3) is 0.375. The second-order valence-corrected chi connectivity index (χ2v) is 7.97. The van der Waals surface area contributed by atoms with Crippen LogP contribution in [0.5, 0.6) is 0 Å². The molecule has 0 radical (unpaired) electrons. The highest BCUT2D eigenvalue weighted by molar-refractivity contribution is 7.99. The van der Waals surface area contributed by atoms with Crippen LogP contribution in [-0.2, 0) is 6.54 Å². The molecule has 0 bridgehead atoms. The quantitative estimate of drug-likeness (QED) is 0.725. The summed E-state index contributed by atoms with van der Waals surface area (Å²) in [5, 5.41) is 0. The lowest BCUT2D eigenvalue weighted by atomic mass is 10.1. The van der Waals surface area contributed by atoms with E-state index in [0.29, 0.717) is 0 Å². The van der Waals surface area contributed by atoms with Crippen LogP contribution in [0.25, 0.3) is 21.9 Å². The Hall–Kier alpha value is -1.33. The van der Waals surface area contributed by atoms with Crippen molar-refractivity contribution < 1.29 is 0 Å². The average molecular weight is 315 g/mol. The molecule has 1 fully saturated rings. The number of pyridine rings is 1. The van der Waals surface area contributed by atoms with Crippen molar-refractivity contribution in [3.8, 4) is 10.7 Å². The van der Waals surface area contributed by atoms with Gasteiger partial charge in [0.25, 0.3) is 0 Å². The van der Waals surface area contributed by atoms with Gasteiger partial charge in [0.2, 0.25) is 0 Å². The van der Waals surface area contributed by atoms with E-state index in [-0.39, 0.29) is 0 Å². The van der Waals surface area contributed by atoms with E-state index in [2.05, 4.69) is 46.4 Å². The first-order valence-corrected chi connectivity index (χ1v) is 9.24. The predicted molar refractivity (Wildman–Crippen MR) is 91.0 cm³/mol. The Morgan fingerprint density at radius 3 is 3.05 bits per heavy atom. The number of imidazole rings is 1. The third kappa shape index (κ3) is 2.49. The molecule has 0 saturated carbocycles. The number of rotatable bonds is 3. The van der Waals surface area contributed by atoms with Gasteiger partial charge in [0.15, 0.2) is 11.5 Å². The number of aromatic nitrogens is 3. The minimum atomic E-state index is 0.745. The molecular formula is C16H17N3S2. The Balaban J connectivity index is 1.84. The number of hydrogen-bond donors (Lipinski definition) is 0. The van der Waals surface area contributed by atoms with Gasteiger partial charge in [-0.1, -0.05) is 0 Å². The van der Waals surface area contributed by atoms with E-state index in [0.717, 1.165) is 29.5 Å².